The van der Waals surface area contributed by atoms with Gasteiger partial charge in [-0.05, 0) is 18.9 Å². The summed E-state index contributed by atoms with van der Waals surface area (Å²) in [5, 5.41) is 0.556. The monoisotopic (exact) mass is 390 g/mol. The average Bonchev–Trinajstić information content (AvgIpc) is 3.18. The van der Waals surface area contributed by atoms with Crippen LogP contribution >= 0.6 is 23.7 Å². The number of nitrogens with two attached hydrogens (primary N) is 1. The maximum Gasteiger partial charge on any atom is 0.349 e. The molecule has 2 N–H and O–H groups in total. The molecule has 1 fully saturated rings. The number of thiophene rings is 1. The molecule has 1 aliphatic heterocycles. The number of hydrogen-bond acceptors (Lipinski definition) is 6. The van der Waals surface area contributed by atoms with Crippen LogP contribution in [0.1, 0.15) is 22.5 Å². The van der Waals surface area contributed by atoms with Gasteiger partial charge in [0.2, 0.25) is 10.0 Å². The number of sulfonamides is 1. The number of nitrogens with zero attached hydrogens (tertiary/aromatic N) is 1. The fourth-order valence-electron chi connectivity index (χ4n) is 2.98. The standard InChI is InChI=1S/C15H18N2O4S2.ClH/c1-21-15(18)13-14(11-6-2-3-7-12(11)22-13)23(19,20)17-8-4-5-10(17)9-16;/h2-3,6-7,10H,4-5,8-9,16H2,1H3;1H. The quantitative estimate of drug-likeness (QED) is 0.808. The molecule has 0 amide bonds. The van der Waals surface area contributed by atoms with Gasteiger partial charge in [-0.2, -0.15) is 4.31 Å². The van der Waals surface area contributed by atoms with E-state index in [2.05, 4.69) is 0 Å². The Balaban J connectivity index is 0.00000208. The lowest BCUT2D eigenvalue weighted by molar-refractivity contribution is 0.0602. The third-order valence-electron chi connectivity index (χ3n) is 4.08. The minimum atomic E-state index is -3.81. The fraction of sp³-hybridized carbons (Fsp3) is 0.400. The number of halogens is 1. The van der Waals surface area contributed by atoms with Gasteiger partial charge in [0.25, 0.3) is 0 Å². The molecule has 1 unspecified atom stereocenters. The number of carbonyl (C=O) groups is 1. The Morgan fingerprint density at radius 3 is 2.79 bits per heavy atom. The second kappa shape index (κ2) is 7.37. The Morgan fingerprint density at radius 2 is 2.12 bits per heavy atom. The van der Waals surface area contributed by atoms with Gasteiger partial charge in [0.15, 0.2) is 0 Å². The molecule has 132 valence electrons. The van der Waals surface area contributed by atoms with Crippen LogP contribution in [-0.4, -0.2) is 44.9 Å². The fourth-order valence-corrected chi connectivity index (χ4v) is 6.47. The predicted molar refractivity (Wildman–Crippen MR) is 96.4 cm³/mol. The smallest absolute Gasteiger partial charge is 0.349 e. The zero-order valence-electron chi connectivity index (χ0n) is 13.1. The molecule has 1 saturated heterocycles. The van der Waals surface area contributed by atoms with Crippen molar-refractivity contribution in [1.82, 2.24) is 4.31 Å². The van der Waals surface area contributed by atoms with Gasteiger partial charge >= 0.3 is 5.97 Å². The summed E-state index contributed by atoms with van der Waals surface area (Å²) in [6.45, 7) is 0.698. The number of rotatable bonds is 4. The Morgan fingerprint density at radius 1 is 1.42 bits per heavy atom. The van der Waals surface area contributed by atoms with Crippen molar-refractivity contribution in [3.63, 3.8) is 0 Å². The number of fused-ring (bicyclic) bond motifs is 1. The average molecular weight is 391 g/mol. The number of benzene rings is 1. The molecule has 9 heteroatoms. The first-order valence-electron chi connectivity index (χ1n) is 7.32. The summed E-state index contributed by atoms with van der Waals surface area (Å²) < 4.78 is 33.3. The van der Waals surface area contributed by atoms with Gasteiger partial charge in [-0.15, -0.1) is 23.7 Å². The third-order valence-corrected chi connectivity index (χ3v) is 7.40. The predicted octanol–water partition coefficient (Wildman–Crippen LogP) is 2.22. The molecule has 0 saturated carbocycles. The molecular formula is C15H19ClN2O4S2. The van der Waals surface area contributed by atoms with Crippen molar-refractivity contribution < 1.29 is 17.9 Å². The highest BCUT2D eigenvalue weighted by molar-refractivity contribution is 7.89. The summed E-state index contributed by atoms with van der Waals surface area (Å²) in [6, 6.07) is 6.88. The van der Waals surface area contributed by atoms with Crippen molar-refractivity contribution in [3.8, 4) is 0 Å². The van der Waals surface area contributed by atoms with E-state index in [9.17, 15) is 13.2 Å². The molecule has 2 aromatic rings. The molecule has 0 radical (unpaired) electrons. The number of esters is 1. The van der Waals surface area contributed by atoms with E-state index in [4.69, 9.17) is 10.5 Å². The van der Waals surface area contributed by atoms with E-state index in [-0.39, 0.29) is 34.8 Å². The van der Waals surface area contributed by atoms with Crippen LogP contribution in [0.25, 0.3) is 10.1 Å². The first-order chi connectivity index (χ1) is 11.0. The molecule has 6 nitrogen and oxygen atoms in total. The molecule has 1 aliphatic rings. The van der Waals surface area contributed by atoms with Crippen molar-refractivity contribution >= 4 is 49.8 Å². The van der Waals surface area contributed by atoms with E-state index in [0.29, 0.717) is 11.9 Å². The molecule has 0 spiro atoms. The van der Waals surface area contributed by atoms with Crippen LogP contribution in [0.4, 0.5) is 0 Å². The Kier molecular flexibility index (Phi) is 5.87. The van der Waals surface area contributed by atoms with Crippen LogP contribution in [0.2, 0.25) is 0 Å². The zero-order valence-corrected chi connectivity index (χ0v) is 15.5. The molecule has 0 bridgehead atoms. The van der Waals surface area contributed by atoms with E-state index in [0.717, 1.165) is 28.9 Å². The van der Waals surface area contributed by atoms with Crippen LogP contribution in [-0.2, 0) is 14.8 Å². The van der Waals surface area contributed by atoms with Gasteiger partial charge < -0.3 is 10.5 Å². The molecule has 0 aliphatic carbocycles. The summed E-state index contributed by atoms with van der Waals surface area (Å²) in [7, 11) is -2.55. The lowest BCUT2D eigenvalue weighted by Crippen LogP contribution is -2.40. The molecule has 1 atom stereocenters. The topological polar surface area (TPSA) is 89.7 Å². The lowest BCUT2D eigenvalue weighted by atomic mass is 10.2. The lowest BCUT2D eigenvalue weighted by Gasteiger charge is -2.23. The first kappa shape index (κ1) is 19.1. The number of carbonyl (C=O) groups excluding carboxylic acids is 1. The number of hydrogen-bond donors (Lipinski definition) is 1. The number of ether oxygens (including phenoxy) is 1. The molecule has 1 aromatic heterocycles. The number of methoxy groups -OCH3 is 1. The largest absolute Gasteiger partial charge is 0.465 e. The van der Waals surface area contributed by atoms with Crippen LogP contribution in [0.15, 0.2) is 29.2 Å². The van der Waals surface area contributed by atoms with E-state index in [1.807, 2.05) is 6.07 Å². The van der Waals surface area contributed by atoms with Gasteiger partial charge in [-0.25, -0.2) is 13.2 Å². The maximum absolute atomic E-state index is 13.2. The molecule has 1 aromatic carbocycles. The van der Waals surface area contributed by atoms with Crippen LogP contribution in [0.3, 0.4) is 0 Å². The summed E-state index contributed by atoms with van der Waals surface area (Å²) >= 11 is 1.14. The van der Waals surface area contributed by atoms with Crippen molar-refractivity contribution in [2.75, 3.05) is 20.2 Å². The van der Waals surface area contributed by atoms with Gasteiger partial charge in [-0.1, -0.05) is 18.2 Å². The highest BCUT2D eigenvalue weighted by atomic mass is 35.5. The summed E-state index contributed by atoms with van der Waals surface area (Å²) in [5.74, 6) is -0.631. The van der Waals surface area contributed by atoms with Crippen molar-refractivity contribution in [2.45, 2.75) is 23.8 Å². The van der Waals surface area contributed by atoms with Crippen LogP contribution in [0.5, 0.6) is 0 Å². The van der Waals surface area contributed by atoms with Crippen LogP contribution in [0, 0.1) is 0 Å². The van der Waals surface area contributed by atoms with Gasteiger partial charge in [0.05, 0.1) is 7.11 Å². The second-order valence-corrected chi connectivity index (χ2v) is 8.28. The minimum absolute atomic E-state index is 0. The third kappa shape index (κ3) is 3.04. The van der Waals surface area contributed by atoms with E-state index in [1.54, 1.807) is 18.2 Å². The van der Waals surface area contributed by atoms with Crippen molar-refractivity contribution in [1.29, 1.82) is 0 Å². The van der Waals surface area contributed by atoms with E-state index >= 15 is 0 Å². The molecule has 24 heavy (non-hydrogen) atoms. The van der Waals surface area contributed by atoms with Crippen molar-refractivity contribution in [3.05, 3.63) is 29.1 Å². The molecule has 2 heterocycles. The highest BCUT2D eigenvalue weighted by Gasteiger charge is 2.39. The molecular weight excluding hydrogens is 372 g/mol. The normalized spacial score (nSPS) is 18.5. The van der Waals surface area contributed by atoms with Gasteiger partial charge in [-0.3, -0.25) is 0 Å². The van der Waals surface area contributed by atoms with Crippen LogP contribution < -0.4 is 5.73 Å². The Labute approximate surface area is 151 Å². The van der Waals surface area contributed by atoms with E-state index < -0.39 is 16.0 Å². The maximum atomic E-state index is 13.2. The van der Waals surface area contributed by atoms with Gasteiger partial charge in [0, 0.05) is 29.2 Å². The summed E-state index contributed by atoms with van der Waals surface area (Å²) in [5.41, 5.74) is 5.72. The SMILES string of the molecule is COC(=O)c1sc2ccccc2c1S(=O)(=O)N1CCCC1CN.Cl. The first-order valence-corrected chi connectivity index (χ1v) is 9.58. The molecule has 3 rings (SSSR count). The highest BCUT2D eigenvalue weighted by Crippen LogP contribution is 2.38. The van der Waals surface area contributed by atoms with Crippen molar-refractivity contribution in [2.24, 2.45) is 5.73 Å². The summed E-state index contributed by atoms with van der Waals surface area (Å²) in [6.07, 6.45) is 1.52. The van der Waals surface area contributed by atoms with Gasteiger partial charge in [0.1, 0.15) is 9.77 Å². The Bertz CT molecular complexity index is 850. The Hall–Kier alpha value is -1.19. The van der Waals surface area contributed by atoms with E-state index in [1.165, 1.54) is 11.4 Å². The second-order valence-electron chi connectivity index (χ2n) is 5.40. The zero-order chi connectivity index (χ0) is 16.6. The summed E-state index contributed by atoms with van der Waals surface area (Å²) in [4.78, 5) is 12.3. The minimum Gasteiger partial charge on any atom is -0.465 e.